The molecule has 0 unspecified atom stereocenters. The lowest BCUT2D eigenvalue weighted by molar-refractivity contribution is 0.0535. The normalized spacial score (nSPS) is 14.5. The predicted molar refractivity (Wildman–Crippen MR) is 94.1 cm³/mol. The predicted octanol–water partition coefficient (Wildman–Crippen LogP) is 2.75. The van der Waals surface area contributed by atoms with Crippen LogP contribution >= 0.6 is 15.9 Å². The molecule has 0 atom stereocenters. The molecule has 1 N–H and O–H groups in total. The van der Waals surface area contributed by atoms with Crippen LogP contribution in [0.25, 0.3) is 0 Å². The zero-order valence-electron chi connectivity index (χ0n) is 13.0. The Hall–Kier alpha value is -2.34. The Labute approximate surface area is 148 Å². The van der Waals surface area contributed by atoms with E-state index >= 15 is 0 Å². The highest BCUT2D eigenvalue weighted by Gasteiger charge is 2.25. The summed E-state index contributed by atoms with van der Waals surface area (Å²) in [5, 5.41) is 9.49. The summed E-state index contributed by atoms with van der Waals surface area (Å²) >= 11 is 3.35. The van der Waals surface area contributed by atoms with Crippen LogP contribution in [0.2, 0.25) is 0 Å². The maximum Gasteiger partial charge on any atom is 0.254 e. The van der Waals surface area contributed by atoms with Crippen molar-refractivity contribution in [2.24, 2.45) is 0 Å². The van der Waals surface area contributed by atoms with Crippen LogP contribution in [-0.4, -0.2) is 52.9 Å². The minimum atomic E-state index is -0.123. The van der Waals surface area contributed by atoms with Gasteiger partial charge in [-0.25, -0.2) is 0 Å². The van der Waals surface area contributed by atoms with Gasteiger partial charge in [0, 0.05) is 41.8 Å². The number of nitrogens with zero attached hydrogens (tertiary/aromatic N) is 2. The maximum atomic E-state index is 12.5. The van der Waals surface area contributed by atoms with Crippen LogP contribution in [0.1, 0.15) is 20.7 Å². The Bertz CT molecular complexity index is 753. The second-order valence-electron chi connectivity index (χ2n) is 5.64. The number of hydrogen-bond donors (Lipinski definition) is 1. The number of amides is 2. The molecular weight excluding hydrogens is 372 g/mol. The zero-order valence-corrected chi connectivity index (χ0v) is 14.6. The van der Waals surface area contributed by atoms with Crippen LogP contribution in [0.5, 0.6) is 5.75 Å². The highest BCUT2D eigenvalue weighted by atomic mass is 79.9. The van der Waals surface area contributed by atoms with Crippen LogP contribution in [0.15, 0.2) is 53.0 Å². The molecule has 0 saturated carbocycles. The maximum absolute atomic E-state index is 12.5. The van der Waals surface area contributed by atoms with Crippen molar-refractivity contribution in [1.82, 2.24) is 9.80 Å². The Morgan fingerprint density at radius 2 is 1.38 bits per heavy atom. The number of phenolic OH excluding ortho intramolecular Hbond substituents is 1. The molecule has 1 saturated heterocycles. The fraction of sp³-hybridized carbons (Fsp3) is 0.222. The Balaban J connectivity index is 1.62. The van der Waals surface area contributed by atoms with Gasteiger partial charge in [-0.15, -0.1) is 0 Å². The smallest absolute Gasteiger partial charge is 0.254 e. The highest BCUT2D eigenvalue weighted by Crippen LogP contribution is 2.16. The molecule has 5 nitrogen and oxygen atoms in total. The molecule has 0 spiro atoms. The molecule has 24 heavy (non-hydrogen) atoms. The van der Waals surface area contributed by atoms with Gasteiger partial charge in [0.15, 0.2) is 0 Å². The van der Waals surface area contributed by atoms with E-state index < -0.39 is 0 Å². The van der Waals surface area contributed by atoms with Gasteiger partial charge in [0.2, 0.25) is 0 Å². The highest BCUT2D eigenvalue weighted by molar-refractivity contribution is 9.10. The minimum Gasteiger partial charge on any atom is -0.508 e. The molecule has 1 aliphatic rings. The van der Waals surface area contributed by atoms with E-state index in [9.17, 15) is 14.7 Å². The first-order valence-electron chi connectivity index (χ1n) is 7.68. The third-order valence-corrected chi connectivity index (χ3v) is 4.57. The van der Waals surface area contributed by atoms with Gasteiger partial charge in [0.25, 0.3) is 11.8 Å². The molecule has 0 radical (unpaired) electrons. The number of carbonyl (C=O) groups is 2. The minimum absolute atomic E-state index is 0.0213. The quantitative estimate of drug-likeness (QED) is 0.860. The molecule has 124 valence electrons. The number of carbonyl (C=O) groups excluding carboxylic acids is 2. The Kier molecular flexibility index (Phi) is 4.85. The molecule has 2 amide bonds. The molecule has 0 aromatic heterocycles. The lowest BCUT2D eigenvalue weighted by atomic mass is 10.1. The number of piperazine rings is 1. The molecule has 1 aliphatic heterocycles. The second-order valence-corrected chi connectivity index (χ2v) is 6.56. The summed E-state index contributed by atoms with van der Waals surface area (Å²) in [7, 11) is 0. The number of hydrogen-bond acceptors (Lipinski definition) is 3. The SMILES string of the molecule is O=C(c1ccc(Br)cc1)N1CCN(C(=O)c2cccc(O)c2)CC1. The standard InChI is InChI=1S/C18H17BrN2O3/c19-15-6-4-13(5-7-15)17(23)20-8-10-21(11-9-20)18(24)14-2-1-3-16(22)12-14/h1-7,12,22H,8-11H2. The third kappa shape index (κ3) is 3.59. The van der Waals surface area contributed by atoms with E-state index in [0.29, 0.717) is 37.3 Å². The first-order chi connectivity index (χ1) is 11.5. The van der Waals surface area contributed by atoms with Gasteiger partial charge in [-0.3, -0.25) is 9.59 Å². The topological polar surface area (TPSA) is 60.9 Å². The Morgan fingerprint density at radius 1 is 0.833 bits per heavy atom. The van der Waals surface area contributed by atoms with Crippen molar-refractivity contribution in [2.75, 3.05) is 26.2 Å². The van der Waals surface area contributed by atoms with Crippen molar-refractivity contribution in [3.05, 3.63) is 64.1 Å². The fourth-order valence-corrected chi connectivity index (χ4v) is 2.97. The molecule has 1 fully saturated rings. The first-order valence-corrected chi connectivity index (χ1v) is 8.47. The number of phenols is 1. The van der Waals surface area contributed by atoms with Crippen molar-refractivity contribution in [2.45, 2.75) is 0 Å². The molecule has 6 heteroatoms. The van der Waals surface area contributed by atoms with Gasteiger partial charge >= 0.3 is 0 Å². The van der Waals surface area contributed by atoms with Gasteiger partial charge in [0.1, 0.15) is 5.75 Å². The number of aromatic hydroxyl groups is 1. The largest absolute Gasteiger partial charge is 0.508 e. The van der Waals surface area contributed by atoms with Crippen molar-refractivity contribution < 1.29 is 14.7 Å². The van der Waals surface area contributed by atoms with Crippen LogP contribution < -0.4 is 0 Å². The summed E-state index contributed by atoms with van der Waals surface area (Å²) < 4.78 is 0.931. The van der Waals surface area contributed by atoms with Gasteiger partial charge < -0.3 is 14.9 Å². The van der Waals surface area contributed by atoms with Gasteiger partial charge in [-0.05, 0) is 42.5 Å². The average molecular weight is 389 g/mol. The van der Waals surface area contributed by atoms with Gasteiger partial charge in [0.05, 0.1) is 0 Å². The first kappa shape index (κ1) is 16.5. The second kappa shape index (κ2) is 7.05. The van der Waals surface area contributed by atoms with E-state index in [1.54, 1.807) is 34.1 Å². The summed E-state index contributed by atoms with van der Waals surface area (Å²) in [5.74, 6) is -0.0708. The molecule has 2 aromatic carbocycles. The molecule has 3 rings (SSSR count). The fourth-order valence-electron chi connectivity index (χ4n) is 2.71. The molecule has 1 heterocycles. The summed E-state index contributed by atoms with van der Waals surface area (Å²) in [6, 6.07) is 13.6. The van der Waals surface area contributed by atoms with Crippen LogP contribution in [0, 0.1) is 0 Å². The van der Waals surface area contributed by atoms with Gasteiger partial charge in [-0.2, -0.15) is 0 Å². The molecular formula is C18H17BrN2O3. The summed E-state index contributed by atoms with van der Waals surface area (Å²) in [4.78, 5) is 28.4. The molecule has 2 aromatic rings. The van der Waals surface area contributed by atoms with E-state index in [2.05, 4.69) is 15.9 Å². The van der Waals surface area contributed by atoms with Crippen LogP contribution in [0.4, 0.5) is 0 Å². The summed E-state index contributed by atoms with van der Waals surface area (Å²) in [6.07, 6.45) is 0. The number of halogens is 1. The summed E-state index contributed by atoms with van der Waals surface area (Å²) in [6.45, 7) is 1.96. The molecule has 0 bridgehead atoms. The van der Waals surface area contributed by atoms with Gasteiger partial charge in [-0.1, -0.05) is 22.0 Å². The van der Waals surface area contributed by atoms with Crippen molar-refractivity contribution in [1.29, 1.82) is 0 Å². The number of benzene rings is 2. The lowest BCUT2D eigenvalue weighted by Gasteiger charge is -2.35. The van der Waals surface area contributed by atoms with Crippen LogP contribution in [0.3, 0.4) is 0 Å². The lowest BCUT2D eigenvalue weighted by Crippen LogP contribution is -2.50. The van der Waals surface area contributed by atoms with E-state index in [1.165, 1.54) is 12.1 Å². The van der Waals surface area contributed by atoms with Crippen molar-refractivity contribution in [3.8, 4) is 5.75 Å². The van der Waals surface area contributed by atoms with Crippen LogP contribution in [-0.2, 0) is 0 Å². The third-order valence-electron chi connectivity index (χ3n) is 4.04. The summed E-state index contributed by atoms with van der Waals surface area (Å²) in [5.41, 5.74) is 1.11. The van der Waals surface area contributed by atoms with E-state index in [1.807, 2.05) is 12.1 Å². The van der Waals surface area contributed by atoms with E-state index in [-0.39, 0.29) is 17.6 Å². The number of rotatable bonds is 2. The monoisotopic (exact) mass is 388 g/mol. The zero-order chi connectivity index (χ0) is 17.1. The van der Waals surface area contributed by atoms with Crippen molar-refractivity contribution in [3.63, 3.8) is 0 Å². The average Bonchev–Trinajstić information content (AvgIpc) is 2.61. The molecule has 0 aliphatic carbocycles. The Morgan fingerprint density at radius 3 is 1.92 bits per heavy atom. The van der Waals surface area contributed by atoms with Crippen molar-refractivity contribution >= 4 is 27.7 Å². The van der Waals surface area contributed by atoms with E-state index in [0.717, 1.165) is 4.47 Å². The van der Waals surface area contributed by atoms with E-state index in [4.69, 9.17) is 0 Å².